The van der Waals surface area contributed by atoms with Gasteiger partial charge in [-0.05, 0) is 83.4 Å². The zero-order chi connectivity index (χ0) is 29.2. The Kier molecular flexibility index (Phi) is 4.38. The summed E-state index contributed by atoms with van der Waals surface area (Å²) in [7, 11) is 0. The zero-order valence-electron chi connectivity index (χ0n) is 24.4. The summed E-state index contributed by atoms with van der Waals surface area (Å²) >= 11 is 0. The second-order valence-corrected chi connectivity index (χ2v) is 12.4. The lowest BCUT2D eigenvalue weighted by molar-refractivity contribution is 1.20. The van der Waals surface area contributed by atoms with Gasteiger partial charge in [0.1, 0.15) is 0 Å². The van der Waals surface area contributed by atoms with Gasteiger partial charge in [-0.15, -0.1) is 0 Å². The predicted octanol–water partition coefficient (Wildman–Crippen LogP) is 12.2. The molecule has 0 N–H and O–H groups in total. The van der Waals surface area contributed by atoms with Crippen molar-refractivity contribution in [1.82, 2.24) is 4.57 Å². The van der Waals surface area contributed by atoms with Crippen LogP contribution in [0.1, 0.15) is 0 Å². The highest BCUT2D eigenvalue weighted by atomic mass is 15.0. The normalized spacial score (nSPS) is 12.4. The molecule has 1 nitrogen and oxygen atoms in total. The van der Waals surface area contributed by atoms with Gasteiger partial charge in [-0.3, -0.25) is 0 Å². The first-order chi connectivity index (χ1) is 22.4. The number of nitrogens with zero attached hydrogens (tertiary/aromatic N) is 1. The largest absolute Gasteiger partial charge is 0.309 e. The van der Waals surface area contributed by atoms with E-state index in [1.165, 1.54) is 104 Å². The highest BCUT2D eigenvalue weighted by Crippen LogP contribution is 2.52. The summed E-state index contributed by atoms with van der Waals surface area (Å²) in [5, 5.41) is 15.7. The van der Waals surface area contributed by atoms with E-state index in [4.69, 9.17) is 0 Å². The molecule has 1 aliphatic rings. The van der Waals surface area contributed by atoms with Crippen molar-refractivity contribution in [3.63, 3.8) is 0 Å². The molecule has 0 amide bonds. The van der Waals surface area contributed by atoms with Gasteiger partial charge >= 0.3 is 0 Å². The van der Waals surface area contributed by atoms with Crippen LogP contribution in [0, 0.1) is 0 Å². The Morgan fingerprint density at radius 2 is 0.889 bits per heavy atom. The molecule has 0 bridgehead atoms. The van der Waals surface area contributed by atoms with Crippen LogP contribution < -0.4 is 0 Å². The fourth-order valence-corrected chi connectivity index (χ4v) is 8.53. The molecule has 206 valence electrons. The van der Waals surface area contributed by atoms with E-state index >= 15 is 0 Å². The minimum absolute atomic E-state index is 1.22. The van der Waals surface area contributed by atoms with Crippen LogP contribution in [-0.2, 0) is 0 Å². The Morgan fingerprint density at radius 1 is 0.311 bits per heavy atom. The van der Waals surface area contributed by atoms with E-state index in [0.717, 1.165) is 0 Å². The first-order valence-corrected chi connectivity index (χ1v) is 15.7. The van der Waals surface area contributed by atoms with Crippen molar-refractivity contribution in [3.05, 3.63) is 152 Å². The monoisotopic (exact) mass is 567 g/mol. The van der Waals surface area contributed by atoms with Crippen molar-refractivity contribution in [2.24, 2.45) is 0 Å². The first-order valence-electron chi connectivity index (χ1n) is 15.7. The van der Waals surface area contributed by atoms with Crippen LogP contribution in [-0.4, -0.2) is 4.57 Å². The lowest BCUT2D eigenvalue weighted by atomic mass is 9.90. The highest BCUT2D eigenvalue weighted by molar-refractivity contribution is 6.33. The summed E-state index contributed by atoms with van der Waals surface area (Å²) in [6, 6.07) is 56.4. The van der Waals surface area contributed by atoms with Crippen LogP contribution in [0.2, 0.25) is 0 Å². The number of hydrogen-bond donors (Lipinski definition) is 0. The van der Waals surface area contributed by atoms with Crippen molar-refractivity contribution in [3.8, 4) is 27.9 Å². The molecule has 0 saturated carbocycles. The number of fused-ring (bicyclic) bond motifs is 15. The third kappa shape index (κ3) is 2.89. The van der Waals surface area contributed by atoms with Crippen molar-refractivity contribution in [1.29, 1.82) is 0 Å². The number of para-hydroxylation sites is 1. The standard InChI is InChI=1S/C44H25N/c1-2-15-29-27(13-1)28-14-3-5-17-31(28)42-32-18-6-4-16-30(32)40(25-37(29)42)45-38-22-8-7-19-35(38)44-39(45)24-23-34-33-20-9-11-26-12-10-21-36(41(26)33)43(34)44/h1-25H. The fourth-order valence-electron chi connectivity index (χ4n) is 8.53. The van der Waals surface area contributed by atoms with Crippen LogP contribution in [0.3, 0.4) is 0 Å². The lowest BCUT2D eigenvalue weighted by Crippen LogP contribution is -1.97. The van der Waals surface area contributed by atoms with Gasteiger partial charge in [-0.25, -0.2) is 0 Å². The maximum absolute atomic E-state index is 2.53. The molecule has 0 unspecified atom stereocenters. The Bertz CT molecular complexity index is 2920. The third-order valence-corrected chi connectivity index (χ3v) is 10.3. The van der Waals surface area contributed by atoms with Crippen LogP contribution in [0.4, 0.5) is 0 Å². The van der Waals surface area contributed by atoms with Crippen molar-refractivity contribution in [2.45, 2.75) is 0 Å². The average Bonchev–Trinajstić information content (AvgIpc) is 3.62. The van der Waals surface area contributed by atoms with E-state index in [1.807, 2.05) is 0 Å². The molecule has 1 heterocycles. The molecule has 0 spiro atoms. The number of aromatic nitrogens is 1. The van der Waals surface area contributed by atoms with Gasteiger partial charge in [0.15, 0.2) is 0 Å². The second-order valence-electron chi connectivity index (χ2n) is 12.4. The molecule has 45 heavy (non-hydrogen) atoms. The summed E-state index contributed by atoms with van der Waals surface area (Å²) in [4.78, 5) is 0. The van der Waals surface area contributed by atoms with E-state index in [-0.39, 0.29) is 0 Å². The fraction of sp³-hybridized carbons (Fsp3) is 0. The molecule has 1 aromatic heterocycles. The Hall–Kier alpha value is -5.92. The van der Waals surface area contributed by atoms with E-state index in [0.29, 0.717) is 0 Å². The molecule has 10 aromatic rings. The van der Waals surface area contributed by atoms with Gasteiger partial charge in [-0.1, -0.05) is 133 Å². The zero-order valence-corrected chi connectivity index (χ0v) is 24.4. The minimum atomic E-state index is 1.22. The van der Waals surface area contributed by atoms with Crippen LogP contribution in [0.15, 0.2) is 152 Å². The van der Waals surface area contributed by atoms with Gasteiger partial charge in [0.05, 0.1) is 16.7 Å². The molecule has 0 aliphatic heterocycles. The van der Waals surface area contributed by atoms with Crippen LogP contribution in [0.25, 0.3) is 104 Å². The topological polar surface area (TPSA) is 4.93 Å². The third-order valence-electron chi connectivity index (χ3n) is 10.3. The van der Waals surface area contributed by atoms with E-state index in [1.54, 1.807) is 0 Å². The minimum Gasteiger partial charge on any atom is -0.309 e. The van der Waals surface area contributed by atoms with Crippen LogP contribution in [0.5, 0.6) is 0 Å². The molecule has 0 saturated heterocycles. The van der Waals surface area contributed by atoms with Gasteiger partial charge in [0, 0.05) is 21.7 Å². The average molecular weight is 568 g/mol. The van der Waals surface area contributed by atoms with E-state index < -0.39 is 0 Å². The van der Waals surface area contributed by atoms with Gasteiger partial charge < -0.3 is 4.57 Å². The summed E-state index contributed by atoms with van der Waals surface area (Å²) in [5.41, 5.74) is 9.07. The Labute approximate surface area is 259 Å². The molecule has 0 radical (unpaired) electrons. The van der Waals surface area contributed by atoms with Crippen LogP contribution >= 0.6 is 0 Å². The molecule has 1 heteroatoms. The molecule has 11 rings (SSSR count). The summed E-state index contributed by atoms with van der Waals surface area (Å²) < 4.78 is 2.53. The van der Waals surface area contributed by atoms with Crippen molar-refractivity contribution >= 4 is 75.7 Å². The Morgan fingerprint density at radius 3 is 1.64 bits per heavy atom. The van der Waals surface area contributed by atoms with Gasteiger partial charge in [0.25, 0.3) is 0 Å². The Balaban J connectivity index is 1.36. The lowest BCUT2D eigenvalue weighted by Gasteiger charge is -2.18. The molecule has 0 fully saturated rings. The van der Waals surface area contributed by atoms with Crippen molar-refractivity contribution in [2.75, 3.05) is 0 Å². The predicted molar refractivity (Wildman–Crippen MR) is 193 cm³/mol. The first kappa shape index (κ1) is 23.5. The van der Waals surface area contributed by atoms with E-state index in [2.05, 4.69) is 156 Å². The second kappa shape index (κ2) is 8.37. The number of rotatable bonds is 1. The molecule has 1 aliphatic carbocycles. The summed E-state index contributed by atoms with van der Waals surface area (Å²) in [6.07, 6.45) is 0. The highest BCUT2D eigenvalue weighted by Gasteiger charge is 2.27. The SMILES string of the molecule is c1cc2c3c(cccc3c1)-c1c-2ccc2c1c1ccccc1n2-c1cc2c3ccccc3c3ccccc3c2c2ccccc12. The maximum atomic E-state index is 2.53. The molecular weight excluding hydrogens is 542 g/mol. The molecule has 0 atom stereocenters. The van der Waals surface area contributed by atoms with Gasteiger partial charge in [-0.2, -0.15) is 0 Å². The van der Waals surface area contributed by atoms with Gasteiger partial charge in [0.2, 0.25) is 0 Å². The maximum Gasteiger partial charge on any atom is 0.0548 e. The summed E-state index contributed by atoms with van der Waals surface area (Å²) in [5.74, 6) is 0. The molecule has 9 aromatic carbocycles. The smallest absolute Gasteiger partial charge is 0.0548 e. The summed E-state index contributed by atoms with van der Waals surface area (Å²) in [6.45, 7) is 0. The quantitative estimate of drug-likeness (QED) is 0.174. The van der Waals surface area contributed by atoms with E-state index in [9.17, 15) is 0 Å². The van der Waals surface area contributed by atoms with Crippen molar-refractivity contribution < 1.29 is 0 Å². The number of benzene rings is 9. The number of hydrogen-bond acceptors (Lipinski definition) is 0. The molecular formula is C44H25N.